The molecular formula is C10H13O3P. The van der Waals surface area contributed by atoms with Gasteiger partial charge in [-0.2, -0.15) is 0 Å². The summed E-state index contributed by atoms with van der Waals surface area (Å²) in [5.41, 5.74) is 0. The molecule has 0 aromatic rings. The predicted octanol–water partition coefficient (Wildman–Crippen LogP) is 2.06. The lowest BCUT2D eigenvalue weighted by atomic mass is 10.6. The van der Waals surface area contributed by atoms with Gasteiger partial charge in [-0.25, -0.2) is 0 Å². The summed E-state index contributed by atoms with van der Waals surface area (Å²) in [5.74, 6) is 7.48. The highest BCUT2D eigenvalue weighted by atomic mass is 31.2. The minimum atomic E-state index is -3.13. The first-order valence-corrected chi connectivity index (χ1v) is 5.73. The van der Waals surface area contributed by atoms with Crippen molar-refractivity contribution in [1.82, 2.24) is 0 Å². The van der Waals surface area contributed by atoms with Crippen LogP contribution in [0.1, 0.15) is 6.92 Å². The van der Waals surface area contributed by atoms with E-state index in [0.29, 0.717) is 0 Å². The second kappa shape index (κ2) is 7.42. The van der Waals surface area contributed by atoms with Gasteiger partial charge in [0.2, 0.25) is 0 Å². The van der Waals surface area contributed by atoms with Gasteiger partial charge >= 0.3 is 7.60 Å². The first-order valence-electron chi connectivity index (χ1n) is 4.00. The zero-order chi connectivity index (χ0) is 10.9. The SMILES string of the molecule is C#CCOP(=O)(CC=C)OCC#CC. The van der Waals surface area contributed by atoms with Gasteiger partial charge in [0.05, 0.1) is 6.16 Å². The van der Waals surface area contributed by atoms with E-state index in [4.69, 9.17) is 15.5 Å². The molecule has 0 aliphatic heterocycles. The van der Waals surface area contributed by atoms with E-state index >= 15 is 0 Å². The van der Waals surface area contributed by atoms with Crippen LogP contribution in [-0.4, -0.2) is 19.4 Å². The first kappa shape index (κ1) is 13.0. The van der Waals surface area contributed by atoms with E-state index in [0.717, 1.165) is 0 Å². The fraction of sp³-hybridized carbons (Fsp3) is 0.400. The highest BCUT2D eigenvalue weighted by Gasteiger charge is 2.21. The van der Waals surface area contributed by atoms with Gasteiger partial charge in [0, 0.05) is 0 Å². The molecule has 1 atom stereocenters. The van der Waals surface area contributed by atoms with E-state index in [1.165, 1.54) is 6.08 Å². The van der Waals surface area contributed by atoms with Crippen LogP contribution in [0.2, 0.25) is 0 Å². The molecule has 3 nitrogen and oxygen atoms in total. The number of allylic oxidation sites excluding steroid dienone is 1. The van der Waals surface area contributed by atoms with Crippen molar-refractivity contribution >= 4 is 7.60 Å². The van der Waals surface area contributed by atoms with Crippen molar-refractivity contribution in [1.29, 1.82) is 0 Å². The Bertz CT molecular complexity index is 316. The fourth-order valence-corrected chi connectivity index (χ4v) is 1.77. The molecule has 0 radical (unpaired) electrons. The van der Waals surface area contributed by atoms with Crippen LogP contribution in [0.4, 0.5) is 0 Å². The molecule has 0 spiro atoms. The Kier molecular flexibility index (Phi) is 6.89. The maximum absolute atomic E-state index is 11.8. The summed E-state index contributed by atoms with van der Waals surface area (Å²) in [6, 6.07) is 0. The van der Waals surface area contributed by atoms with Crippen LogP contribution < -0.4 is 0 Å². The van der Waals surface area contributed by atoms with E-state index < -0.39 is 7.60 Å². The van der Waals surface area contributed by atoms with Crippen molar-refractivity contribution in [3.8, 4) is 24.2 Å². The van der Waals surface area contributed by atoms with Crippen molar-refractivity contribution in [2.45, 2.75) is 6.92 Å². The molecule has 0 amide bonds. The third kappa shape index (κ3) is 5.62. The largest absolute Gasteiger partial charge is 0.336 e. The molecule has 0 N–H and O–H groups in total. The van der Waals surface area contributed by atoms with Crippen molar-refractivity contribution in [3.63, 3.8) is 0 Å². The second-order valence-corrected chi connectivity index (χ2v) is 4.36. The molecule has 0 saturated heterocycles. The third-order valence-electron chi connectivity index (χ3n) is 1.21. The van der Waals surface area contributed by atoms with Crippen molar-refractivity contribution in [3.05, 3.63) is 12.7 Å². The Morgan fingerprint density at radius 1 is 1.50 bits per heavy atom. The normalized spacial score (nSPS) is 13.1. The number of hydrogen-bond donors (Lipinski definition) is 0. The summed E-state index contributed by atoms with van der Waals surface area (Å²) in [4.78, 5) is 0. The molecule has 4 heteroatoms. The van der Waals surface area contributed by atoms with Crippen LogP contribution in [0.25, 0.3) is 0 Å². The minimum absolute atomic E-state index is 0.0370. The van der Waals surface area contributed by atoms with Crippen LogP contribution >= 0.6 is 7.60 Å². The average Bonchev–Trinajstić information content (AvgIpc) is 2.16. The van der Waals surface area contributed by atoms with Gasteiger partial charge in [-0.3, -0.25) is 13.6 Å². The quantitative estimate of drug-likeness (QED) is 0.384. The Balaban J connectivity index is 4.21. The predicted molar refractivity (Wildman–Crippen MR) is 56.9 cm³/mol. The zero-order valence-corrected chi connectivity index (χ0v) is 9.05. The standard InChI is InChI=1S/C10H13O3P/c1-4-7-9-13-14(11,10-6-3)12-8-5-2/h2,6H,3,8-10H2,1H3. The minimum Gasteiger partial charge on any atom is -0.295 e. The molecule has 0 aromatic heterocycles. The van der Waals surface area contributed by atoms with E-state index in [-0.39, 0.29) is 19.4 Å². The van der Waals surface area contributed by atoms with Gasteiger partial charge in [-0.15, -0.1) is 18.9 Å². The second-order valence-electron chi connectivity index (χ2n) is 2.26. The van der Waals surface area contributed by atoms with E-state index in [1.807, 2.05) is 0 Å². The van der Waals surface area contributed by atoms with Crippen molar-refractivity contribution in [2.24, 2.45) is 0 Å². The molecule has 0 aromatic carbocycles. The van der Waals surface area contributed by atoms with Gasteiger partial charge in [0.1, 0.15) is 13.2 Å². The summed E-state index contributed by atoms with van der Waals surface area (Å²) in [6.45, 7) is 5.17. The summed E-state index contributed by atoms with van der Waals surface area (Å²) in [7, 11) is -3.13. The van der Waals surface area contributed by atoms with Crippen molar-refractivity contribution < 1.29 is 13.6 Å². The molecule has 1 unspecified atom stereocenters. The first-order chi connectivity index (χ1) is 6.68. The van der Waals surface area contributed by atoms with Crippen molar-refractivity contribution in [2.75, 3.05) is 19.4 Å². The summed E-state index contributed by atoms with van der Waals surface area (Å²) >= 11 is 0. The molecule has 0 aliphatic rings. The van der Waals surface area contributed by atoms with Crippen LogP contribution in [-0.2, 0) is 13.6 Å². The zero-order valence-electron chi connectivity index (χ0n) is 8.16. The lowest BCUT2D eigenvalue weighted by molar-refractivity contribution is 0.245. The highest BCUT2D eigenvalue weighted by molar-refractivity contribution is 7.54. The maximum atomic E-state index is 11.8. The summed E-state index contributed by atoms with van der Waals surface area (Å²) in [5, 5.41) is 0. The van der Waals surface area contributed by atoms with E-state index in [2.05, 4.69) is 24.3 Å². The topological polar surface area (TPSA) is 35.5 Å². The van der Waals surface area contributed by atoms with Crippen LogP contribution in [0.15, 0.2) is 12.7 Å². The molecule has 0 fully saturated rings. The Morgan fingerprint density at radius 3 is 2.64 bits per heavy atom. The van der Waals surface area contributed by atoms with E-state index in [9.17, 15) is 4.57 Å². The highest BCUT2D eigenvalue weighted by Crippen LogP contribution is 2.47. The monoisotopic (exact) mass is 212 g/mol. The molecule has 0 saturated carbocycles. The summed E-state index contributed by atoms with van der Waals surface area (Å²) < 4.78 is 21.7. The molecular weight excluding hydrogens is 199 g/mol. The van der Waals surface area contributed by atoms with Gasteiger partial charge in [0.25, 0.3) is 0 Å². The number of rotatable bonds is 6. The number of hydrogen-bond acceptors (Lipinski definition) is 3. The van der Waals surface area contributed by atoms with Gasteiger partial charge in [-0.05, 0) is 6.92 Å². The van der Waals surface area contributed by atoms with E-state index in [1.54, 1.807) is 6.92 Å². The lowest BCUT2D eigenvalue weighted by Crippen LogP contribution is -1.99. The fourth-order valence-electron chi connectivity index (χ4n) is 0.639. The smallest absolute Gasteiger partial charge is 0.295 e. The van der Waals surface area contributed by atoms with Crippen LogP contribution in [0, 0.1) is 24.2 Å². The average molecular weight is 212 g/mol. The number of terminal acetylenes is 1. The van der Waals surface area contributed by atoms with Crippen LogP contribution in [0.5, 0.6) is 0 Å². The molecule has 14 heavy (non-hydrogen) atoms. The molecule has 0 aliphatic carbocycles. The summed E-state index contributed by atoms with van der Waals surface area (Å²) in [6.07, 6.45) is 6.59. The van der Waals surface area contributed by atoms with Gasteiger partial charge in [-0.1, -0.05) is 17.9 Å². The third-order valence-corrected chi connectivity index (χ3v) is 2.96. The Labute approximate surface area is 85.0 Å². The van der Waals surface area contributed by atoms with Gasteiger partial charge in [0.15, 0.2) is 0 Å². The maximum Gasteiger partial charge on any atom is 0.336 e. The lowest BCUT2D eigenvalue weighted by Gasteiger charge is -2.13. The molecule has 76 valence electrons. The van der Waals surface area contributed by atoms with Crippen LogP contribution in [0.3, 0.4) is 0 Å². The van der Waals surface area contributed by atoms with Gasteiger partial charge < -0.3 is 0 Å². The Hall–Kier alpha value is -0.990. The molecule has 0 heterocycles. The molecule has 0 rings (SSSR count). The Morgan fingerprint density at radius 2 is 2.14 bits per heavy atom. The molecule has 0 bridgehead atoms.